The number of rotatable bonds is 2. The topological polar surface area (TPSA) is 23.8 Å². The van der Waals surface area contributed by atoms with Crippen molar-refractivity contribution in [1.82, 2.24) is 0 Å². The van der Waals surface area contributed by atoms with Gasteiger partial charge in [0.1, 0.15) is 0 Å². The quantitative estimate of drug-likeness (QED) is 0.674. The Bertz CT molecular complexity index is 414. The third kappa shape index (κ3) is 2.58. The Labute approximate surface area is 111 Å². The van der Waals surface area contributed by atoms with Crippen molar-refractivity contribution in [2.45, 2.75) is 63.7 Å². The Morgan fingerprint density at radius 3 is 2.00 bits per heavy atom. The van der Waals surface area contributed by atoms with Crippen molar-refractivity contribution in [3.8, 4) is 6.07 Å². The molecule has 1 saturated carbocycles. The van der Waals surface area contributed by atoms with Crippen LogP contribution in [0.1, 0.15) is 69.4 Å². The van der Waals surface area contributed by atoms with Gasteiger partial charge in [-0.25, -0.2) is 0 Å². The van der Waals surface area contributed by atoms with Crippen LogP contribution in [0.2, 0.25) is 0 Å². The molecule has 0 heterocycles. The minimum atomic E-state index is -0.216. The van der Waals surface area contributed by atoms with E-state index in [0.717, 1.165) is 12.8 Å². The molecule has 0 unspecified atom stereocenters. The molecule has 96 valence electrons. The fraction of sp³-hybridized carbons (Fsp3) is 0.588. The van der Waals surface area contributed by atoms with E-state index in [1.165, 1.54) is 36.8 Å². The first kappa shape index (κ1) is 13.1. The molecule has 0 atom stereocenters. The van der Waals surface area contributed by atoms with Crippen LogP contribution in [0.25, 0.3) is 0 Å². The molecule has 0 radical (unpaired) electrons. The van der Waals surface area contributed by atoms with Crippen molar-refractivity contribution >= 4 is 0 Å². The average molecular weight is 241 g/mol. The van der Waals surface area contributed by atoms with E-state index in [-0.39, 0.29) is 5.41 Å². The zero-order valence-corrected chi connectivity index (χ0v) is 11.6. The summed E-state index contributed by atoms with van der Waals surface area (Å²) in [5.41, 5.74) is 2.38. The largest absolute Gasteiger partial charge is 0.197 e. The summed E-state index contributed by atoms with van der Waals surface area (Å²) < 4.78 is 0. The highest BCUT2D eigenvalue weighted by molar-refractivity contribution is 5.35. The van der Waals surface area contributed by atoms with E-state index in [9.17, 15) is 5.26 Å². The van der Waals surface area contributed by atoms with Crippen molar-refractivity contribution in [1.29, 1.82) is 5.26 Å². The lowest BCUT2D eigenvalue weighted by molar-refractivity contribution is 0.475. The second-order valence-electron chi connectivity index (χ2n) is 5.88. The molecule has 1 nitrogen and oxygen atoms in total. The zero-order valence-electron chi connectivity index (χ0n) is 11.6. The van der Waals surface area contributed by atoms with Crippen LogP contribution < -0.4 is 0 Å². The number of hydrogen-bond acceptors (Lipinski definition) is 1. The fourth-order valence-electron chi connectivity index (χ4n) is 2.98. The number of benzene rings is 1. The summed E-state index contributed by atoms with van der Waals surface area (Å²) in [5, 5.41) is 9.65. The number of nitriles is 1. The van der Waals surface area contributed by atoms with Crippen LogP contribution in [-0.2, 0) is 5.41 Å². The SMILES string of the molecule is CC(C)c1ccc(C2(C#N)CCCCCC2)cc1. The van der Waals surface area contributed by atoms with Gasteiger partial charge in [-0.15, -0.1) is 0 Å². The Morgan fingerprint density at radius 2 is 1.56 bits per heavy atom. The van der Waals surface area contributed by atoms with Crippen molar-refractivity contribution in [2.24, 2.45) is 0 Å². The summed E-state index contributed by atoms with van der Waals surface area (Å²) in [4.78, 5) is 0. The number of hydrogen-bond donors (Lipinski definition) is 0. The molecule has 2 rings (SSSR count). The standard InChI is InChI=1S/C17H23N/c1-14(2)15-7-9-16(10-8-15)17(13-18)11-5-3-4-6-12-17/h7-10,14H,3-6,11-12H2,1-2H3. The summed E-state index contributed by atoms with van der Waals surface area (Å²) in [5.74, 6) is 0.561. The predicted molar refractivity (Wildman–Crippen MR) is 75.5 cm³/mol. The lowest BCUT2D eigenvalue weighted by Gasteiger charge is -2.25. The first-order valence-electron chi connectivity index (χ1n) is 7.20. The minimum Gasteiger partial charge on any atom is -0.197 e. The molecular formula is C17H23N. The van der Waals surface area contributed by atoms with Gasteiger partial charge in [-0.1, -0.05) is 63.8 Å². The zero-order chi connectivity index (χ0) is 13.0. The van der Waals surface area contributed by atoms with Crippen LogP contribution in [-0.4, -0.2) is 0 Å². The lowest BCUT2D eigenvalue weighted by atomic mass is 9.75. The lowest BCUT2D eigenvalue weighted by Crippen LogP contribution is -2.23. The summed E-state index contributed by atoms with van der Waals surface area (Å²) in [6, 6.07) is 11.4. The molecule has 1 aliphatic rings. The Hall–Kier alpha value is -1.29. The molecule has 1 aromatic carbocycles. The molecule has 1 fully saturated rings. The van der Waals surface area contributed by atoms with Gasteiger partial charge in [0.25, 0.3) is 0 Å². The second-order valence-corrected chi connectivity index (χ2v) is 5.88. The summed E-state index contributed by atoms with van der Waals surface area (Å²) in [6.45, 7) is 4.42. The summed E-state index contributed by atoms with van der Waals surface area (Å²) in [6.07, 6.45) is 7.02. The van der Waals surface area contributed by atoms with Crippen LogP contribution in [0.3, 0.4) is 0 Å². The van der Waals surface area contributed by atoms with Crippen LogP contribution in [0, 0.1) is 11.3 Å². The monoisotopic (exact) mass is 241 g/mol. The van der Waals surface area contributed by atoms with E-state index in [2.05, 4.69) is 44.2 Å². The Balaban J connectivity index is 2.29. The average Bonchev–Trinajstić information content (AvgIpc) is 2.65. The molecule has 1 aliphatic carbocycles. The van der Waals surface area contributed by atoms with Gasteiger partial charge in [0, 0.05) is 0 Å². The molecule has 0 N–H and O–H groups in total. The molecule has 1 aromatic rings. The summed E-state index contributed by atoms with van der Waals surface area (Å²) >= 11 is 0. The molecule has 0 aromatic heterocycles. The third-order valence-corrected chi connectivity index (χ3v) is 4.30. The minimum absolute atomic E-state index is 0.216. The highest BCUT2D eigenvalue weighted by Gasteiger charge is 2.32. The van der Waals surface area contributed by atoms with Crippen LogP contribution in [0.4, 0.5) is 0 Å². The van der Waals surface area contributed by atoms with Crippen molar-refractivity contribution < 1.29 is 0 Å². The highest BCUT2D eigenvalue weighted by atomic mass is 14.4. The first-order chi connectivity index (χ1) is 8.68. The van der Waals surface area contributed by atoms with E-state index >= 15 is 0 Å². The second kappa shape index (κ2) is 5.57. The first-order valence-corrected chi connectivity index (χ1v) is 7.20. The molecule has 18 heavy (non-hydrogen) atoms. The maximum absolute atomic E-state index is 9.65. The van der Waals surface area contributed by atoms with Crippen LogP contribution in [0.5, 0.6) is 0 Å². The number of nitrogens with zero attached hydrogens (tertiary/aromatic N) is 1. The highest BCUT2D eigenvalue weighted by Crippen LogP contribution is 2.38. The maximum Gasteiger partial charge on any atom is 0.0822 e. The third-order valence-electron chi connectivity index (χ3n) is 4.30. The molecule has 0 spiro atoms. The van der Waals surface area contributed by atoms with E-state index < -0.39 is 0 Å². The van der Waals surface area contributed by atoms with Crippen molar-refractivity contribution in [3.63, 3.8) is 0 Å². The van der Waals surface area contributed by atoms with Gasteiger partial charge in [-0.05, 0) is 29.9 Å². The molecule has 0 saturated heterocycles. The summed E-state index contributed by atoms with van der Waals surface area (Å²) in [7, 11) is 0. The van der Waals surface area contributed by atoms with E-state index in [1.54, 1.807) is 0 Å². The van der Waals surface area contributed by atoms with Crippen LogP contribution in [0.15, 0.2) is 24.3 Å². The van der Waals surface area contributed by atoms with Crippen molar-refractivity contribution in [3.05, 3.63) is 35.4 Å². The van der Waals surface area contributed by atoms with Gasteiger partial charge in [0.15, 0.2) is 0 Å². The van der Waals surface area contributed by atoms with Gasteiger partial charge >= 0.3 is 0 Å². The van der Waals surface area contributed by atoms with Gasteiger partial charge in [0.05, 0.1) is 11.5 Å². The van der Waals surface area contributed by atoms with Crippen LogP contribution >= 0.6 is 0 Å². The van der Waals surface area contributed by atoms with E-state index in [4.69, 9.17) is 0 Å². The Morgan fingerprint density at radius 1 is 1.00 bits per heavy atom. The fourth-order valence-corrected chi connectivity index (χ4v) is 2.98. The maximum atomic E-state index is 9.65. The van der Waals surface area contributed by atoms with Gasteiger partial charge in [0.2, 0.25) is 0 Å². The Kier molecular flexibility index (Phi) is 4.07. The van der Waals surface area contributed by atoms with Crippen molar-refractivity contribution in [2.75, 3.05) is 0 Å². The smallest absolute Gasteiger partial charge is 0.0822 e. The van der Waals surface area contributed by atoms with Gasteiger partial charge < -0.3 is 0 Å². The molecule has 0 bridgehead atoms. The van der Waals surface area contributed by atoms with Gasteiger partial charge in [-0.3, -0.25) is 0 Å². The van der Waals surface area contributed by atoms with Gasteiger partial charge in [-0.2, -0.15) is 5.26 Å². The predicted octanol–water partition coefficient (Wildman–Crippen LogP) is 4.93. The molecule has 0 amide bonds. The van der Waals surface area contributed by atoms with E-state index in [0.29, 0.717) is 5.92 Å². The molecular weight excluding hydrogens is 218 g/mol. The normalized spacial score (nSPS) is 19.2. The van der Waals surface area contributed by atoms with E-state index in [1.807, 2.05) is 0 Å². The molecule has 1 heteroatoms. The molecule has 0 aliphatic heterocycles.